The molecule has 5 nitrogen and oxygen atoms in total. The molecule has 0 atom stereocenters. The van der Waals surface area contributed by atoms with E-state index in [9.17, 15) is 5.11 Å². The first-order valence-corrected chi connectivity index (χ1v) is 7.14. The molecule has 0 amide bonds. The van der Waals surface area contributed by atoms with Crippen LogP contribution in [0.3, 0.4) is 0 Å². The van der Waals surface area contributed by atoms with Crippen LogP contribution in [0.4, 0.5) is 5.69 Å². The van der Waals surface area contributed by atoms with Crippen LogP contribution >= 0.6 is 24.0 Å². The third-order valence-corrected chi connectivity index (χ3v) is 3.33. The minimum absolute atomic E-state index is 0. The van der Waals surface area contributed by atoms with Gasteiger partial charge in [-0.25, -0.2) is 4.99 Å². The Hall–Kier alpha value is -1.96. The molecule has 4 N–H and O–H groups in total. The Bertz CT molecular complexity index is 675. The fourth-order valence-corrected chi connectivity index (χ4v) is 2.09. The van der Waals surface area contributed by atoms with Crippen LogP contribution in [0.15, 0.2) is 47.5 Å². The molecule has 0 saturated heterocycles. The van der Waals surface area contributed by atoms with Crippen LogP contribution in [0.2, 0.25) is 0 Å². The first-order valence-electron chi connectivity index (χ1n) is 7.14. The van der Waals surface area contributed by atoms with E-state index in [-0.39, 0.29) is 36.3 Å². The maximum absolute atomic E-state index is 10.0. The number of nitrogens with two attached hydrogens (primary N) is 1. The van der Waals surface area contributed by atoms with E-state index in [0.717, 1.165) is 12.1 Å². The predicted molar refractivity (Wildman–Crippen MR) is 105 cm³/mol. The summed E-state index contributed by atoms with van der Waals surface area (Å²) in [7, 11) is 1.51. The minimum Gasteiger partial charge on any atom is -0.504 e. The van der Waals surface area contributed by atoms with E-state index in [2.05, 4.69) is 23.3 Å². The van der Waals surface area contributed by atoms with E-state index < -0.39 is 0 Å². The number of guanidine groups is 1. The second-order valence-corrected chi connectivity index (χ2v) is 4.85. The highest BCUT2D eigenvalue weighted by atomic mass is 127. The number of halogens is 1. The van der Waals surface area contributed by atoms with Crippen LogP contribution in [0.1, 0.15) is 18.1 Å². The largest absolute Gasteiger partial charge is 0.504 e. The number of aromatic hydroxyl groups is 1. The van der Waals surface area contributed by atoms with Crippen molar-refractivity contribution in [1.82, 2.24) is 0 Å². The third kappa shape index (κ3) is 5.31. The molecule has 0 unspecified atom stereocenters. The molecule has 0 saturated carbocycles. The number of benzene rings is 2. The summed E-state index contributed by atoms with van der Waals surface area (Å²) < 4.78 is 5.07. The van der Waals surface area contributed by atoms with E-state index in [1.165, 1.54) is 12.7 Å². The van der Waals surface area contributed by atoms with Gasteiger partial charge in [0.15, 0.2) is 17.5 Å². The van der Waals surface area contributed by atoms with Gasteiger partial charge in [0.1, 0.15) is 0 Å². The monoisotopic (exact) mass is 427 g/mol. The van der Waals surface area contributed by atoms with Gasteiger partial charge in [-0.2, -0.15) is 0 Å². The Labute approximate surface area is 153 Å². The number of hydrogen-bond donors (Lipinski definition) is 3. The van der Waals surface area contributed by atoms with Gasteiger partial charge in [-0.05, 0) is 30.2 Å². The van der Waals surface area contributed by atoms with Crippen molar-refractivity contribution in [2.24, 2.45) is 10.7 Å². The van der Waals surface area contributed by atoms with Crippen molar-refractivity contribution in [3.63, 3.8) is 0 Å². The van der Waals surface area contributed by atoms with E-state index >= 15 is 0 Å². The Kier molecular flexibility index (Phi) is 7.67. The van der Waals surface area contributed by atoms with Crippen LogP contribution in [-0.4, -0.2) is 18.2 Å². The van der Waals surface area contributed by atoms with E-state index in [1.54, 1.807) is 18.2 Å². The molecule has 0 aliphatic heterocycles. The highest BCUT2D eigenvalue weighted by molar-refractivity contribution is 14.0. The van der Waals surface area contributed by atoms with Gasteiger partial charge in [0.2, 0.25) is 0 Å². The fourth-order valence-electron chi connectivity index (χ4n) is 2.09. The number of methoxy groups -OCH3 is 1. The molecule has 124 valence electrons. The summed E-state index contributed by atoms with van der Waals surface area (Å²) in [4.78, 5) is 4.25. The van der Waals surface area contributed by atoms with Crippen LogP contribution in [0.25, 0.3) is 0 Å². The van der Waals surface area contributed by atoms with Crippen molar-refractivity contribution in [3.05, 3.63) is 53.6 Å². The van der Waals surface area contributed by atoms with Gasteiger partial charge in [0.25, 0.3) is 0 Å². The number of hydrogen-bond acceptors (Lipinski definition) is 3. The molecule has 0 aliphatic carbocycles. The zero-order valence-corrected chi connectivity index (χ0v) is 15.6. The van der Waals surface area contributed by atoms with Crippen LogP contribution in [-0.2, 0) is 13.0 Å². The Balaban J connectivity index is 0.00000264. The molecule has 0 spiro atoms. The summed E-state index contributed by atoms with van der Waals surface area (Å²) in [5.74, 6) is 0.819. The van der Waals surface area contributed by atoms with E-state index in [0.29, 0.717) is 17.3 Å². The average molecular weight is 427 g/mol. The number of aliphatic imine (C=N–C) groups is 1. The number of ether oxygens (including phenoxy) is 1. The molecule has 6 heteroatoms. The molecular formula is C17H22IN3O2. The molecule has 2 aromatic rings. The fraction of sp³-hybridized carbons (Fsp3) is 0.235. The third-order valence-electron chi connectivity index (χ3n) is 3.33. The van der Waals surface area contributed by atoms with Gasteiger partial charge in [-0.15, -0.1) is 24.0 Å². The molecule has 0 heterocycles. The molecular weight excluding hydrogens is 405 g/mol. The normalized spacial score (nSPS) is 10.8. The summed E-state index contributed by atoms with van der Waals surface area (Å²) in [5.41, 5.74) is 8.67. The maximum Gasteiger partial charge on any atom is 0.193 e. The van der Waals surface area contributed by atoms with Gasteiger partial charge in [-0.1, -0.05) is 31.2 Å². The molecule has 0 aliphatic rings. The minimum atomic E-state index is 0. The van der Waals surface area contributed by atoms with Crippen LogP contribution in [0.5, 0.6) is 11.5 Å². The van der Waals surface area contributed by atoms with Gasteiger partial charge in [0, 0.05) is 11.3 Å². The molecule has 2 rings (SSSR count). The van der Waals surface area contributed by atoms with Crippen molar-refractivity contribution < 1.29 is 9.84 Å². The number of phenols is 1. The maximum atomic E-state index is 10.0. The number of anilines is 1. The Morgan fingerprint density at radius 3 is 2.70 bits per heavy atom. The molecule has 0 radical (unpaired) electrons. The number of para-hydroxylation sites is 1. The number of rotatable bonds is 5. The van der Waals surface area contributed by atoms with E-state index in [4.69, 9.17) is 10.5 Å². The summed E-state index contributed by atoms with van der Waals surface area (Å²) in [6.45, 7) is 2.37. The summed E-state index contributed by atoms with van der Waals surface area (Å²) in [6, 6.07) is 13.3. The number of phenolic OH excluding ortho intramolecular Hbond substituents is 1. The molecule has 23 heavy (non-hydrogen) atoms. The van der Waals surface area contributed by atoms with Crippen LogP contribution in [0, 0.1) is 0 Å². The summed E-state index contributed by atoms with van der Waals surface area (Å²) in [5, 5.41) is 13.1. The lowest BCUT2D eigenvalue weighted by Crippen LogP contribution is -2.22. The highest BCUT2D eigenvalue weighted by Crippen LogP contribution is 2.29. The van der Waals surface area contributed by atoms with Crippen molar-refractivity contribution >= 4 is 35.6 Å². The average Bonchev–Trinajstić information content (AvgIpc) is 2.54. The van der Waals surface area contributed by atoms with Crippen molar-refractivity contribution in [2.45, 2.75) is 19.9 Å². The van der Waals surface area contributed by atoms with Crippen molar-refractivity contribution in [2.75, 3.05) is 12.4 Å². The molecule has 0 fully saturated rings. The number of aryl methyl sites for hydroxylation is 1. The predicted octanol–water partition coefficient (Wildman–Crippen LogP) is 3.51. The molecule has 2 aromatic carbocycles. The zero-order valence-electron chi connectivity index (χ0n) is 13.2. The van der Waals surface area contributed by atoms with Gasteiger partial charge in [0.05, 0.1) is 13.7 Å². The lowest BCUT2D eigenvalue weighted by Gasteiger charge is -2.09. The summed E-state index contributed by atoms with van der Waals surface area (Å²) >= 11 is 0. The topological polar surface area (TPSA) is 79.9 Å². The SMILES string of the molecule is CCc1cccc(NC(N)=NCc2cccc(OC)c2O)c1.I. The van der Waals surface area contributed by atoms with Crippen LogP contribution < -0.4 is 15.8 Å². The lowest BCUT2D eigenvalue weighted by molar-refractivity contribution is 0.370. The quantitative estimate of drug-likeness (QED) is 0.388. The second kappa shape index (κ2) is 9.24. The van der Waals surface area contributed by atoms with Crippen molar-refractivity contribution in [1.29, 1.82) is 0 Å². The first-order chi connectivity index (χ1) is 10.6. The van der Waals surface area contributed by atoms with Gasteiger partial charge in [-0.3, -0.25) is 0 Å². The van der Waals surface area contributed by atoms with E-state index in [1.807, 2.05) is 18.2 Å². The van der Waals surface area contributed by atoms with Gasteiger partial charge < -0.3 is 20.9 Å². The molecule has 0 aromatic heterocycles. The van der Waals surface area contributed by atoms with Gasteiger partial charge >= 0.3 is 0 Å². The second-order valence-electron chi connectivity index (χ2n) is 4.85. The highest BCUT2D eigenvalue weighted by Gasteiger charge is 2.06. The lowest BCUT2D eigenvalue weighted by atomic mass is 10.1. The summed E-state index contributed by atoms with van der Waals surface area (Å²) in [6.07, 6.45) is 0.963. The standard InChI is InChI=1S/C17H21N3O2.HI/c1-3-12-6-4-8-14(10-12)20-17(18)19-11-13-7-5-9-15(22-2)16(13)21;/h4-10,21H,3,11H2,1-2H3,(H3,18,19,20);1H. The Morgan fingerprint density at radius 2 is 2.00 bits per heavy atom. The molecule has 0 bridgehead atoms. The number of nitrogens with zero attached hydrogens (tertiary/aromatic N) is 1. The zero-order chi connectivity index (χ0) is 15.9. The smallest absolute Gasteiger partial charge is 0.193 e. The van der Waals surface area contributed by atoms with Crippen molar-refractivity contribution in [3.8, 4) is 11.5 Å². The first kappa shape index (κ1) is 19.1. The number of nitrogens with one attached hydrogen (secondary N) is 1. The Morgan fingerprint density at radius 1 is 1.26 bits per heavy atom.